The van der Waals surface area contributed by atoms with Gasteiger partial charge in [-0.3, -0.25) is 14.7 Å². The van der Waals surface area contributed by atoms with Gasteiger partial charge >= 0.3 is 0 Å². The number of rotatable bonds is 8. The van der Waals surface area contributed by atoms with Gasteiger partial charge in [-0.15, -0.1) is 0 Å². The van der Waals surface area contributed by atoms with Gasteiger partial charge in [0, 0.05) is 37.9 Å². The van der Waals surface area contributed by atoms with E-state index in [1.165, 1.54) is 5.56 Å². The fourth-order valence-corrected chi connectivity index (χ4v) is 2.56. The molecule has 0 spiro atoms. The second kappa shape index (κ2) is 8.53. The summed E-state index contributed by atoms with van der Waals surface area (Å²) in [5, 5.41) is 0. The lowest BCUT2D eigenvalue weighted by Gasteiger charge is -2.26. The number of Topliss-reactive ketones (excluding diaryl/α,β-unsaturated/α-hetero) is 1. The molecule has 2 aromatic rings. The van der Waals surface area contributed by atoms with Crippen molar-refractivity contribution in [3.05, 3.63) is 59.7 Å². The second-order valence-electron chi connectivity index (χ2n) is 5.93. The van der Waals surface area contributed by atoms with E-state index in [1.807, 2.05) is 25.1 Å². The molecule has 4 nitrogen and oxygen atoms in total. The highest BCUT2D eigenvalue weighted by molar-refractivity contribution is 5.95. The largest absolute Gasteiger partial charge is 0.296 e. The molecule has 23 heavy (non-hydrogen) atoms. The van der Waals surface area contributed by atoms with Gasteiger partial charge in [-0.05, 0) is 25.8 Å². The average Bonchev–Trinajstić information content (AvgIpc) is 2.58. The lowest BCUT2D eigenvalue weighted by atomic mass is 10.1. The van der Waals surface area contributed by atoms with Gasteiger partial charge in [0.05, 0.1) is 5.69 Å². The van der Waals surface area contributed by atoms with Crippen molar-refractivity contribution in [3.63, 3.8) is 0 Å². The summed E-state index contributed by atoms with van der Waals surface area (Å²) < 4.78 is 0. The number of carbonyl (C=O) groups excluding carboxylic acids is 1. The van der Waals surface area contributed by atoms with Crippen LogP contribution in [-0.4, -0.2) is 33.2 Å². The average molecular weight is 311 g/mol. The molecule has 0 saturated heterocycles. The van der Waals surface area contributed by atoms with Crippen LogP contribution in [0.3, 0.4) is 0 Å². The third kappa shape index (κ3) is 4.96. The predicted octanol–water partition coefficient (Wildman–Crippen LogP) is 3.52. The molecule has 1 aromatic carbocycles. The van der Waals surface area contributed by atoms with E-state index in [1.54, 1.807) is 12.4 Å². The van der Waals surface area contributed by atoms with Gasteiger partial charge in [-0.25, -0.2) is 4.98 Å². The number of hydrogen-bond acceptors (Lipinski definition) is 4. The maximum Gasteiger partial charge on any atom is 0.184 e. The summed E-state index contributed by atoms with van der Waals surface area (Å²) in [6.45, 7) is 7.90. The first kappa shape index (κ1) is 17.3. The van der Waals surface area contributed by atoms with E-state index in [0.29, 0.717) is 18.2 Å². The molecule has 0 saturated carbocycles. The number of benzene rings is 1. The molecule has 0 N–H and O–H groups in total. The lowest BCUT2D eigenvalue weighted by molar-refractivity contribution is 0.0946. The molecule has 0 amide bonds. The van der Waals surface area contributed by atoms with E-state index in [-0.39, 0.29) is 5.78 Å². The molecule has 2 rings (SSSR count). The molecule has 0 atom stereocenters. The Bertz CT molecular complexity index is 626. The van der Waals surface area contributed by atoms with Gasteiger partial charge < -0.3 is 0 Å². The first-order chi connectivity index (χ1) is 11.1. The van der Waals surface area contributed by atoms with E-state index in [0.717, 1.165) is 25.2 Å². The van der Waals surface area contributed by atoms with E-state index in [9.17, 15) is 4.79 Å². The molecule has 0 aliphatic rings. The first-order valence-corrected chi connectivity index (χ1v) is 8.22. The number of nitrogens with zero attached hydrogens (tertiary/aromatic N) is 3. The minimum Gasteiger partial charge on any atom is -0.296 e. The first-order valence-electron chi connectivity index (χ1n) is 8.22. The molecule has 1 aromatic heterocycles. The molecular formula is C19H25N3O. The van der Waals surface area contributed by atoms with Crippen molar-refractivity contribution in [3.8, 4) is 0 Å². The van der Waals surface area contributed by atoms with Crippen LogP contribution in [0.4, 0.5) is 0 Å². The highest BCUT2D eigenvalue weighted by Crippen LogP contribution is 2.11. The molecule has 0 radical (unpaired) electrons. The fraction of sp³-hybridized carbons (Fsp3) is 0.421. The van der Waals surface area contributed by atoms with Crippen molar-refractivity contribution < 1.29 is 4.79 Å². The van der Waals surface area contributed by atoms with Gasteiger partial charge in [0.2, 0.25) is 0 Å². The molecule has 4 heteroatoms. The molecular weight excluding hydrogens is 286 g/mol. The Morgan fingerprint density at radius 1 is 1.13 bits per heavy atom. The minimum atomic E-state index is 0.0775. The molecule has 0 aliphatic carbocycles. The normalized spacial score (nSPS) is 11.2. The zero-order chi connectivity index (χ0) is 16.7. The predicted molar refractivity (Wildman–Crippen MR) is 92.3 cm³/mol. The van der Waals surface area contributed by atoms with Gasteiger partial charge in [-0.1, -0.05) is 37.3 Å². The van der Waals surface area contributed by atoms with Crippen LogP contribution in [0.15, 0.2) is 42.7 Å². The molecule has 122 valence electrons. The Kier molecular flexibility index (Phi) is 6.41. The van der Waals surface area contributed by atoms with Crippen LogP contribution in [-0.2, 0) is 13.0 Å². The van der Waals surface area contributed by atoms with Crippen LogP contribution in [0.2, 0.25) is 0 Å². The summed E-state index contributed by atoms with van der Waals surface area (Å²) in [7, 11) is 0. The van der Waals surface area contributed by atoms with Crippen molar-refractivity contribution in [1.82, 2.24) is 14.9 Å². The summed E-state index contributed by atoms with van der Waals surface area (Å²) in [4.78, 5) is 23.3. The summed E-state index contributed by atoms with van der Waals surface area (Å²) >= 11 is 0. The maximum absolute atomic E-state index is 12.5. The van der Waals surface area contributed by atoms with Crippen molar-refractivity contribution in [2.75, 3.05) is 6.54 Å². The number of ketones is 1. The number of hydrogen-bond donors (Lipinski definition) is 0. The molecule has 1 heterocycles. The van der Waals surface area contributed by atoms with Gasteiger partial charge in [0.25, 0.3) is 0 Å². The Morgan fingerprint density at radius 2 is 1.83 bits per heavy atom. The Morgan fingerprint density at radius 3 is 2.48 bits per heavy atom. The molecule has 0 bridgehead atoms. The summed E-state index contributed by atoms with van der Waals surface area (Å²) in [5.41, 5.74) is 2.58. The van der Waals surface area contributed by atoms with Crippen LogP contribution >= 0.6 is 0 Å². The molecule has 0 fully saturated rings. The zero-order valence-corrected chi connectivity index (χ0v) is 14.2. The Balaban J connectivity index is 2.00. The van der Waals surface area contributed by atoms with Crippen molar-refractivity contribution in [2.24, 2.45) is 0 Å². The van der Waals surface area contributed by atoms with Crippen LogP contribution in [0.1, 0.15) is 48.9 Å². The summed E-state index contributed by atoms with van der Waals surface area (Å²) in [6, 6.07) is 10.7. The number of carbonyl (C=O) groups is 1. The topological polar surface area (TPSA) is 46.1 Å². The summed E-state index contributed by atoms with van der Waals surface area (Å²) in [6.07, 6.45) is 4.44. The van der Waals surface area contributed by atoms with Crippen LogP contribution in [0, 0.1) is 0 Å². The number of aromatic nitrogens is 2. The lowest BCUT2D eigenvalue weighted by Crippen LogP contribution is -2.32. The highest BCUT2D eigenvalue weighted by Gasteiger charge is 2.16. The van der Waals surface area contributed by atoms with Crippen LogP contribution in [0.5, 0.6) is 0 Å². The molecule has 0 aliphatic heterocycles. The van der Waals surface area contributed by atoms with Crippen molar-refractivity contribution >= 4 is 5.78 Å². The summed E-state index contributed by atoms with van der Waals surface area (Å²) in [5.74, 6) is 0.0775. The third-order valence-corrected chi connectivity index (χ3v) is 3.96. The minimum absolute atomic E-state index is 0.0775. The van der Waals surface area contributed by atoms with Gasteiger partial charge in [0.1, 0.15) is 5.69 Å². The zero-order valence-electron chi connectivity index (χ0n) is 14.2. The van der Waals surface area contributed by atoms with E-state index < -0.39 is 0 Å². The van der Waals surface area contributed by atoms with Gasteiger partial charge in [-0.2, -0.15) is 0 Å². The van der Waals surface area contributed by atoms with Crippen LogP contribution < -0.4 is 0 Å². The fourth-order valence-electron chi connectivity index (χ4n) is 2.56. The maximum atomic E-state index is 12.5. The standard InChI is InChI=1S/C19H25N3O/c1-4-17-19(21-12-11-20-17)18(23)10-13-22(15(2)3)14-16-8-6-5-7-9-16/h5-9,11-12,15H,4,10,13-14H2,1-3H3. The molecule has 0 unspecified atom stereocenters. The van der Waals surface area contributed by atoms with Crippen molar-refractivity contribution in [2.45, 2.75) is 46.2 Å². The van der Waals surface area contributed by atoms with E-state index in [2.05, 4.69) is 40.8 Å². The van der Waals surface area contributed by atoms with E-state index in [4.69, 9.17) is 0 Å². The van der Waals surface area contributed by atoms with Gasteiger partial charge in [0.15, 0.2) is 5.78 Å². The Hall–Kier alpha value is -2.07. The van der Waals surface area contributed by atoms with E-state index >= 15 is 0 Å². The number of aryl methyl sites for hydroxylation is 1. The smallest absolute Gasteiger partial charge is 0.184 e. The van der Waals surface area contributed by atoms with Crippen molar-refractivity contribution in [1.29, 1.82) is 0 Å². The monoisotopic (exact) mass is 311 g/mol. The highest BCUT2D eigenvalue weighted by atomic mass is 16.1. The SMILES string of the molecule is CCc1nccnc1C(=O)CCN(Cc1ccccc1)C(C)C. The third-order valence-electron chi connectivity index (χ3n) is 3.96. The quantitative estimate of drug-likeness (QED) is 0.700. The van der Waals surface area contributed by atoms with Crippen LogP contribution in [0.25, 0.3) is 0 Å². The Labute approximate surface area is 138 Å². The second-order valence-corrected chi connectivity index (χ2v) is 5.93.